The van der Waals surface area contributed by atoms with Gasteiger partial charge in [0.2, 0.25) is 0 Å². The Morgan fingerprint density at radius 2 is 1.59 bits per heavy atom. The fraction of sp³-hybridized carbons (Fsp3) is 0.333. The number of hydrogen-bond donors (Lipinski definition) is 1. The molecule has 0 saturated carbocycles. The maximum Gasteiger partial charge on any atom is 0.163 e. The van der Waals surface area contributed by atoms with Crippen LogP contribution in [0, 0.1) is 6.92 Å². The summed E-state index contributed by atoms with van der Waals surface area (Å²) in [5.41, 5.74) is 2.69. The van der Waals surface area contributed by atoms with Crippen LogP contribution < -0.4 is 9.47 Å². The third-order valence-corrected chi connectivity index (χ3v) is 2.59. The van der Waals surface area contributed by atoms with Crippen molar-refractivity contribution in [3.63, 3.8) is 0 Å². The largest absolute Gasteiger partial charge is 0.493 e. The van der Waals surface area contributed by atoms with E-state index in [9.17, 15) is 0 Å². The Morgan fingerprint density at radius 1 is 1.06 bits per heavy atom. The lowest BCUT2D eigenvalue weighted by Crippen LogP contribution is -1.99. The number of hydrogen-bond acceptors (Lipinski definition) is 5. The molecule has 0 fully saturated rings. The Hall–Kier alpha value is -1.88. The van der Waals surface area contributed by atoms with Crippen molar-refractivity contribution in [2.24, 2.45) is 0 Å². The Bertz CT molecular complexity index is 555. The molecule has 0 aliphatic carbocycles. The van der Waals surface area contributed by atoms with Gasteiger partial charge in [-0.15, -0.1) is 0 Å². The van der Waals surface area contributed by atoms with Gasteiger partial charge in [-0.1, -0.05) is 0 Å². The van der Waals surface area contributed by atoms with Crippen molar-refractivity contribution in [3.05, 3.63) is 23.5 Å². The van der Waals surface area contributed by atoms with Crippen molar-refractivity contribution < 1.29 is 14.6 Å². The number of aliphatic hydroxyl groups excluding tert-OH is 1. The summed E-state index contributed by atoms with van der Waals surface area (Å²) in [6, 6.07) is 3.52. The van der Waals surface area contributed by atoms with Gasteiger partial charge in [0, 0.05) is 12.1 Å². The first-order chi connectivity index (χ1) is 8.19. The highest BCUT2D eigenvalue weighted by Crippen LogP contribution is 2.30. The summed E-state index contributed by atoms with van der Waals surface area (Å²) in [5, 5.41) is 9.15. The summed E-state index contributed by atoms with van der Waals surface area (Å²) in [5.74, 6) is 1.22. The molecule has 1 aromatic carbocycles. The fourth-order valence-electron chi connectivity index (χ4n) is 1.66. The zero-order valence-electron chi connectivity index (χ0n) is 10.0. The molecule has 0 radical (unpaired) electrons. The van der Waals surface area contributed by atoms with Crippen LogP contribution in [0.4, 0.5) is 0 Å². The first kappa shape index (κ1) is 11.6. The normalized spacial score (nSPS) is 10.6. The molecule has 0 aliphatic heterocycles. The zero-order chi connectivity index (χ0) is 12.4. The highest BCUT2D eigenvalue weighted by Gasteiger charge is 2.10. The minimum atomic E-state index is -0.122. The van der Waals surface area contributed by atoms with Crippen LogP contribution in [-0.4, -0.2) is 29.3 Å². The van der Waals surface area contributed by atoms with Crippen molar-refractivity contribution in [1.82, 2.24) is 9.97 Å². The number of nitrogens with zero attached hydrogens (tertiary/aromatic N) is 2. The number of rotatable bonds is 3. The van der Waals surface area contributed by atoms with Gasteiger partial charge in [0.25, 0.3) is 0 Å². The molecule has 2 aromatic rings. The van der Waals surface area contributed by atoms with E-state index >= 15 is 0 Å². The molecule has 0 amide bonds. The third-order valence-electron chi connectivity index (χ3n) is 2.59. The standard InChI is InChI=1S/C12H14N2O3/c1-7-10(6-15)14-9-5-12(17-3)11(16-2)4-8(9)13-7/h4-5,15H,6H2,1-3H3. The van der Waals surface area contributed by atoms with Crippen molar-refractivity contribution in [2.45, 2.75) is 13.5 Å². The molecule has 5 heteroatoms. The van der Waals surface area contributed by atoms with Crippen molar-refractivity contribution in [1.29, 1.82) is 0 Å². The van der Waals surface area contributed by atoms with Gasteiger partial charge in [0.15, 0.2) is 11.5 Å². The molecule has 2 rings (SSSR count). The monoisotopic (exact) mass is 234 g/mol. The molecule has 0 saturated heterocycles. The molecule has 0 bridgehead atoms. The Balaban J connectivity index is 2.70. The van der Waals surface area contributed by atoms with E-state index in [0.29, 0.717) is 28.4 Å². The number of aryl methyl sites for hydroxylation is 1. The first-order valence-electron chi connectivity index (χ1n) is 5.19. The van der Waals surface area contributed by atoms with Crippen LogP contribution in [0.2, 0.25) is 0 Å². The second-order valence-electron chi connectivity index (χ2n) is 3.61. The Labute approximate surface area is 99.0 Å². The highest BCUT2D eigenvalue weighted by molar-refractivity contribution is 5.79. The number of fused-ring (bicyclic) bond motifs is 1. The summed E-state index contributed by atoms with van der Waals surface area (Å²) in [6.07, 6.45) is 0. The van der Waals surface area contributed by atoms with Gasteiger partial charge in [0.1, 0.15) is 0 Å². The lowest BCUT2D eigenvalue weighted by Gasteiger charge is -2.09. The molecule has 1 aromatic heterocycles. The second-order valence-corrected chi connectivity index (χ2v) is 3.61. The molecular weight excluding hydrogens is 220 g/mol. The lowest BCUT2D eigenvalue weighted by atomic mass is 10.2. The van der Waals surface area contributed by atoms with Gasteiger partial charge in [-0.3, -0.25) is 0 Å². The SMILES string of the molecule is COc1cc2nc(C)c(CO)nc2cc1OC. The van der Waals surface area contributed by atoms with E-state index in [1.807, 2.05) is 6.92 Å². The maximum absolute atomic E-state index is 9.15. The van der Waals surface area contributed by atoms with Crippen molar-refractivity contribution >= 4 is 11.0 Å². The zero-order valence-corrected chi connectivity index (χ0v) is 10.0. The van der Waals surface area contributed by atoms with Gasteiger partial charge in [-0.25, -0.2) is 9.97 Å². The summed E-state index contributed by atoms with van der Waals surface area (Å²) in [7, 11) is 3.14. The summed E-state index contributed by atoms with van der Waals surface area (Å²) in [4.78, 5) is 8.70. The topological polar surface area (TPSA) is 64.5 Å². The van der Waals surface area contributed by atoms with E-state index in [4.69, 9.17) is 14.6 Å². The Kier molecular flexibility index (Phi) is 3.10. The molecule has 5 nitrogen and oxygen atoms in total. The maximum atomic E-state index is 9.15. The third kappa shape index (κ3) is 2.01. The van der Waals surface area contributed by atoms with Crippen LogP contribution in [0.25, 0.3) is 11.0 Å². The van der Waals surface area contributed by atoms with E-state index < -0.39 is 0 Å². The van der Waals surface area contributed by atoms with E-state index in [2.05, 4.69) is 9.97 Å². The smallest absolute Gasteiger partial charge is 0.163 e. The molecular formula is C12H14N2O3. The first-order valence-corrected chi connectivity index (χ1v) is 5.19. The number of ether oxygens (including phenoxy) is 2. The van der Waals surface area contributed by atoms with Gasteiger partial charge in [0.05, 0.1) is 43.2 Å². The van der Waals surface area contributed by atoms with Crippen molar-refractivity contribution in [3.8, 4) is 11.5 Å². The minimum absolute atomic E-state index is 0.122. The van der Waals surface area contributed by atoms with Gasteiger partial charge in [-0.05, 0) is 6.92 Å². The average Bonchev–Trinajstić information content (AvgIpc) is 2.36. The number of methoxy groups -OCH3 is 2. The number of aromatic nitrogens is 2. The van der Waals surface area contributed by atoms with Crippen LogP contribution in [0.3, 0.4) is 0 Å². The predicted molar refractivity (Wildman–Crippen MR) is 63.3 cm³/mol. The van der Waals surface area contributed by atoms with Crippen LogP contribution >= 0.6 is 0 Å². The van der Waals surface area contributed by atoms with Gasteiger partial charge < -0.3 is 14.6 Å². The molecule has 17 heavy (non-hydrogen) atoms. The molecule has 1 heterocycles. The summed E-state index contributed by atoms with van der Waals surface area (Å²) in [6.45, 7) is 1.69. The molecule has 90 valence electrons. The van der Waals surface area contributed by atoms with E-state index in [-0.39, 0.29) is 6.61 Å². The molecule has 0 spiro atoms. The molecule has 0 unspecified atom stereocenters. The summed E-state index contributed by atoms with van der Waals surface area (Å²) >= 11 is 0. The van der Waals surface area contributed by atoms with E-state index in [1.165, 1.54) is 0 Å². The van der Waals surface area contributed by atoms with Crippen LogP contribution in [0.1, 0.15) is 11.4 Å². The van der Waals surface area contributed by atoms with Crippen LogP contribution in [0.15, 0.2) is 12.1 Å². The number of benzene rings is 1. The lowest BCUT2D eigenvalue weighted by molar-refractivity contribution is 0.276. The summed E-state index contributed by atoms with van der Waals surface area (Å²) < 4.78 is 10.4. The molecule has 0 atom stereocenters. The van der Waals surface area contributed by atoms with E-state index in [1.54, 1.807) is 26.4 Å². The quantitative estimate of drug-likeness (QED) is 0.870. The highest BCUT2D eigenvalue weighted by atomic mass is 16.5. The van der Waals surface area contributed by atoms with Crippen LogP contribution in [0.5, 0.6) is 11.5 Å². The minimum Gasteiger partial charge on any atom is -0.493 e. The number of aliphatic hydroxyl groups is 1. The average molecular weight is 234 g/mol. The van der Waals surface area contributed by atoms with Gasteiger partial charge >= 0.3 is 0 Å². The second kappa shape index (κ2) is 4.55. The van der Waals surface area contributed by atoms with E-state index in [0.717, 1.165) is 5.52 Å². The molecule has 0 aliphatic rings. The van der Waals surface area contributed by atoms with Crippen molar-refractivity contribution in [2.75, 3.05) is 14.2 Å². The predicted octanol–water partition coefficient (Wildman–Crippen LogP) is 1.45. The Morgan fingerprint density at radius 3 is 2.06 bits per heavy atom. The van der Waals surface area contributed by atoms with Crippen LogP contribution in [-0.2, 0) is 6.61 Å². The fourth-order valence-corrected chi connectivity index (χ4v) is 1.66. The van der Waals surface area contributed by atoms with Gasteiger partial charge in [-0.2, -0.15) is 0 Å². The molecule has 1 N–H and O–H groups in total.